The molecule has 0 aromatic heterocycles. The van der Waals surface area contributed by atoms with Crippen LogP contribution in [0, 0.1) is 5.92 Å². The number of hydrogen-bond donors (Lipinski definition) is 2. The average molecular weight is 346 g/mol. The fourth-order valence-electron chi connectivity index (χ4n) is 3.86. The van der Waals surface area contributed by atoms with Gasteiger partial charge in [-0.1, -0.05) is 12.1 Å². The van der Waals surface area contributed by atoms with E-state index in [1.165, 1.54) is 12.8 Å². The van der Waals surface area contributed by atoms with Crippen LogP contribution in [0.3, 0.4) is 0 Å². The van der Waals surface area contributed by atoms with Gasteiger partial charge in [-0.05, 0) is 58.1 Å². The summed E-state index contributed by atoms with van der Waals surface area (Å²) in [5.74, 6) is 1.77. The number of carbonyl (C=O) groups is 1. The largest absolute Gasteiger partial charge is 0.493 e. The summed E-state index contributed by atoms with van der Waals surface area (Å²) in [6.07, 6.45) is 6.69. The SMILES string of the molecule is COc1cccc(CNC(=O)[C@H]2CCN[C@@H](C)C2)c1OC1CCCC1. The Kier molecular flexibility index (Phi) is 6.19. The van der Waals surface area contributed by atoms with Gasteiger partial charge < -0.3 is 20.1 Å². The zero-order valence-corrected chi connectivity index (χ0v) is 15.3. The van der Waals surface area contributed by atoms with Gasteiger partial charge in [-0.3, -0.25) is 4.79 Å². The monoisotopic (exact) mass is 346 g/mol. The van der Waals surface area contributed by atoms with Crippen molar-refractivity contribution in [2.75, 3.05) is 13.7 Å². The van der Waals surface area contributed by atoms with Gasteiger partial charge >= 0.3 is 0 Å². The molecule has 5 heteroatoms. The molecule has 1 aliphatic carbocycles. The third-order valence-electron chi connectivity index (χ3n) is 5.31. The topological polar surface area (TPSA) is 59.6 Å². The first-order chi connectivity index (χ1) is 12.2. The molecule has 2 fully saturated rings. The first kappa shape index (κ1) is 18.1. The van der Waals surface area contributed by atoms with Gasteiger partial charge in [0.25, 0.3) is 0 Å². The zero-order chi connectivity index (χ0) is 17.6. The minimum Gasteiger partial charge on any atom is -0.493 e. The molecule has 1 aromatic rings. The Bertz CT molecular complexity index is 584. The van der Waals surface area contributed by atoms with Crippen molar-refractivity contribution >= 4 is 5.91 Å². The number of hydrogen-bond acceptors (Lipinski definition) is 4. The minimum atomic E-state index is 0.0982. The molecule has 0 bridgehead atoms. The summed E-state index contributed by atoms with van der Waals surface area (Å²) < 4.78 is 11.7. The third-order valence-corrected chi connectivity index (χ3v) is 5.31. The van der Waals surface area contributed by atoms with Gasteiger partial charge in [-0.15, -0.1) is 0 Å². The van der Waals surface area contributed by atoms with E-state index in [1.807, 2.05) is 18.2 Å². The van der Waals surface area contributed by atoms with Crippen molar-refractivity contribution in [3.63, 3.8) is 0 Å². The lowest BCUT2D eigenvalue weighted by molar-refractivity contribution is -0.126. The maximum Gasteiger partial charge on any atom is 0.223 e. The van der Waals surface area contributed by atoms with Crippen LogP contribution in [0.25, 0.3) is 0 Å². The Labute approximate surface area is 150 Å². The second-order valence-electron chi connectivity index (χ2n) is 7.27. The normalized spacial score (nSPS) is 24.1. The molecule has 3 rings (SSSR count). The molecule has 0 spiro atoms. The van der Waals surface area contributed by atoms with Crippen LogP contribution < -0.4 is 20.1 Å². The van der Waals surface area contributed by atoms with Gasteiger partial charge in [0.2, 0.25) is 5.91 Å². The van der Waals surface area contributed by atoms with E-state index in [9.17, 15) is 4.79 Å². The highest BCUT2D eigenvalue weighted by Crippen LogP contribution is 2.34. The van der Waals surface area contributed by atoms with E-state index in [0.29, 0.717) is 12.6 Å². The van der Waals surface area contributed by atoms with Crippen LogP contribution in [-0.4, -0.2) is 31.7 Å². The van der Waals surface area contributed by atoms with E-state index < -0.39 is 0 Å². The minimum absolute atomic E-state index is 0.0982. The first-order valence-corrected chi connectivity index (χ1v) is 9.51. The van der Waals surface area contributed by atoms with Crippen molar-refractivity contribution in [1.29, 1.82) is 0 Å². The van der Waals surface area contributed by atoms with Crippen LogP contribution in [-0.2, 0) is 11.3 Å². The molecule has 25 heavy (non-hydrogen) atoms. The van der Waals surface area contributed by atoms with Crippen molar-refractivity contribution < 1.29 is 14.3 Å². The average Bonchev–Trinajstić information content (AvgIpc) is 3.13. The number of para-hydroxylation sites is 1. The Hall–Kier alpha value is -1.75. The second-order valence-corrected chi connectivity index (χ2v) is 7.27. The van der Waals surface area contributed by atoms with Gasteiger partial charge in [-0.25, -0.2) is 0 Å². The maximum absolute atomic E-state index is 12.5. The molecular weight excluding hydrogens is 316 g/mol. The first-order valence-electron chi connectivity index (χ1n) is 9.51. The summed E-state index contributed by atoms with van der Waals surface area (Å²) in [5.41, 5.74) is 0.988. The molecular formula is C20H30N2O3. The molecule has 2 N–H and O–H groups in total. The Morgan fingerprint density at radius 2 is 2.08 bits per heavy atom. The molecule has 1 aromatic carbocycles. The number of methoxy groups -OCH3 is 1. The molecule has 1 aliphatic heterocycles. The van der Waals surface area contributed by atoms with Gasteiger partial charge in [0, 0.05) is 24.1 Å². The summed E-state index contributed by atoms with van der Waals surface area (Å²) in [6.45, 7) is 3.53. The Morgan fingerprint density at radius 1 is 1.28 bits per heavy atom. The van der Waals surface area contributed by atoms with Crippen molar-refractivity contribution in [3.05, 3.63) is 23.8 Å². The summed E-state index contributed by atoms with van der Waals surface area (Å²) in [5, 5.41) is 6.49. The number of rotatable bonds is 6. The van der Waals surface area contributed by atoms with Crippen molar-refractivity contribution in [2.24, 2.45) is 5.92 Å². The highest BCUT2D eigenvalue weighted by molar-refractivity contribution is 5.78. The van der Waals surface area contributed by atoms with Gasteiger partial charge in [0.1, 0.15) is 0 Å². The highest BCUT2D eigenvalue weighted by Gasteiger charge is 2.25. The fraction of sp³-hybridized carbons (Fsp3) is 0.650. The number of benzene rings is 1. The molecule has 138 valence electrons. The molecule has 1 saturated heterocycles. The number of ether oxygens (including phenoxy) is 2. The lowest BCUT2D eigenvalue weighted by atomic mass is 9.92. The van der Waals surface area contributed by atoms with Crippen LogP contribution in [0.5, 0.6) is 11.5 Å². The summed E-state index contributed by atoms with van der Waals surface area (Å²) in [6, 6.07) is 6.29. The van der Waals surface area contributed by atoms with E-state index in [-0.39, 0.29) is 17.9 Å². The Morgan fingerprint density at radius 3 is 2.80 bits per heavy atom. The molecule has 1 amide bonds. The zero-order valence-electron chi connectivity index (χ0n) is 15.3. The predicted molar refractivity (Wildman–Crippen MR) is 97.9 cm³/mol. The van der Waals surface area contributed by atoms with E-state index in [1.54, 1.807) is 7.11 Å². The molecule has 0 unspecified atom stereocenters. The summed E-state index contributed by atoms with van der Waals surface area (Å²) >= 11 is 0. The van der Waals surface area contributed by atoms with E-state index >= 15 is 0 Å². The second kappa shape index (κ2) is 8.56. The molecule has 0 radical (unpaired) electrons. The molecule has 1 heterocycles. The van der Waals surface area contributed by atoms with Crippen LogP contribution in [0.1, 0.15) is 51.0 Å². The van der Waals surface area contributed by atoms with Gasteiger partial charge in [-0.2, -0.15) is 0 Å². The lowest BCUT2D eigenvalue weighted by Gasteiger charge is -2.27. The van der Waals surface area contributed by atoms with Crippen LogP contribution in [0.2, 0.25) is 0 Å². The van der Waals surface area contributed by atoms with Crippen LogP contribution >= 0.6 is 0 Å². The number of carbonyl (C=O) groups excluding carboxylic acids is 1. The highest BCUT2D eigenvalue weighted by atomic mass is 16.5. The standard InChI is InChI=1S/C20H30N2O3/c1-14-12-15(10-11-21-14)20(23)22-13-16-6-5-9-18(24-2)19(16)25-17-7-3-4-8-17/h5-6,9,14-15,17,21H,3-4,7-8,10-13H2,1-2H3,(H,22,23)/t14-,15-/m0/s1. The van der Waals surface area contributed by atoms with E-state index in [0.717, 1.165) is 49.3 Å². The van der Waals surface area contributed by atoms with Crippen LogP contribution in [0.15, 0.2) is 18.2 Å². The molecule has 5 nitrogen and oxygen atoms in total. The van der Waals surface area contributed by atoms with Gasteiger partial charge in [0.15, 0.2) is 11.5 Å². The maximum atomic E-state index is 12.5. The third kappa shape index (κ3) is 4.66. The Balaban J connectivity index is 1.65. The van der Waals surface area contributed by atoms with Crippen molar-refractivity contribution in [3.8, 4) is 11.5 Å². The van der Waals surface area contributed by atoms with Crippen LogP contribution in [0.4, 0.5) is 0 Å². The fourth-order valence-corrected chi connectivity index (χ4v) is 3.86. The molecule has 1 saturated carbocycles. The van der Waals surface area contributed by atoms with E-state index in [4.69, 9.17) is 9.47 Å². The summed E-state index contributed by atoms with van der Waals surface area (Å²) in [4.78, 5) is 12.5. The number of piperidine rings is 1. The number of nitrogens with one attached hydrogen (secondary N) is 2. The van der Waals surface area contributed by atoms with E-state index in [2.05, 4.69) is 17.6 Å². The summed E-state index contributed by atoms with van der Waals surface area (Å²) in [7, 11) is 1.66. The quantitative estimate of drug-likeness (QED) is 0.831. The van der Waals surface area contributed by atoms with Crippen molar-refractivity contribution in [2.45, 2.75) is 64.1 Å². The van der Waals surface area contributed by atoms with Crippen molar-refractivity contribution in [1.82, 2.24) is 10.6 Å². The van der Waals surface area contributed by atoms with Gasteiger partial charge in [0.05, 0.1) is 13.2 Å². The molecule has 2 atom stereocenters. The number of amides is 1. The predicted octanol–water partition coefficient (Wildman–Crippen LogP) is 3.02. The lowest BCUT2D eigenvalue weighted by Crippen LogP contribution is -2.42. The smallest absolute Gasteiger partial charge is 0.223 e. The molecule has 2 aliphatic rings.